The summed E-state index contributed by atoms with van der Waals surface area (Å²) in [5.41, 5.74) is 5.53. The summed E-state index contributed by atoms with van der Waals surface area (Å²) in [6.45, 7) is 8.20. The number of nitrogens with one attached hydrogen (secondary N) is 7. The molecule has 240 valence electrons. The van der Waals surface area contributed by atoms with Crippen LogP contribution in [0.3, 0.4) is 0 Å². The molecule has 0 fully saturated rings. The molecule has 0 heterocycles. The van der Waals surface area contributed by atoms with Crippen molar-refractivity contribution in [2.45, 2.75) is 104 Å². The van der Waals surface area contributed by atoms with Crippen LogP contribution in [-0.2, 0) is 28.8 Å². The normalized spacial score (nSPS) is 12.6. The Morgan fingerprint density at radius 1 is 0.571 bits per heavy atom. The molecule has 42 heavy (non-hydrogen) atoms. The third-order valence-corrected chi connectivity index (χ3v) is 6.41. The van der Waals surface area contributed by atoms with Gasteiger partial charge in [0.1, 0.15) is 18.1 Å². The van der Waals surface area contributed by atoms with E-state index in [-0.39, 0.29) is 24.7 Å². The van der Waals surface area contributed by atoms with Gasteiger partial charge in [0.05, 0.1) is 0 Å². The first-order valence-corrected chi connectivity index (χ1v) is 15.0. The van der Waals surface area contributed by atoms with Gasteiger partial charge in [-0.2, -0.15) is 0 Å². The third kappa shape index (κ3) is 20.4. The van der Waals surface area contributed by atoms with E-state index >= 15 is 0 Å². The molecule has 0 aromatic carbocycles. The van der Waals surface area contributed by atoms with Crippen molar-refractivity contribution in [3.05, 3.63) is 0 Å². The molecule has 0 rings (SSSR count). The van der Waals surface area contributed by atoms with E-state index in [9.17, 15) is 28.8 Å². The van der Waals surface area contributed by atoms with Crippen LogP contribution in [0, 0.1) is 0 Å². The summed E-state index contributed by atoms with van der Waals surface area (Å²) in [5.74, 6) is -2.49. The quantitative estimate of drug-likeness (QED) is 0.0566. The van der Waals surface area contributed by atoms with Crippen LogP contribution in [0.1, 0.15) is 85.5 Å². The second-order valence-corrected chi connectivity index (χ2v) is 10.4. The van der Waals surface area contributed by atoms with E-state index in [1.165, 1.54) is 20.8 Å². The first-order chi connectivity index (χ1) is 19.9. The number of rotatable bonds is 22. The Hall–Kier alpha value is -3.49. The lowest BCUT2D eigenvalue weighted by Gasteiger charge is -2.25. The molecule has 0 aliphatic rings. The van der Waals surface area contributed by atoms with Gasteiger partial charge in [0.25, 0.3) is 0 Å². The van der Waals surface area contributed by atoms with Crippen LogP contribution in [-0.4, -0.2) is 84.9 Å². The van der Waals surface area contributed by atoms with Crippen LogP contribution < -0.4 is 43.0 Å². The maximum atomic E-state index is 13.3. The number of carbonyl (C=O) groups excluding carboxylic acids is 6. The average Bonchev–Trinajstić information content (AvgIpc) is 2.89. The minimum Gasteiger partial charge on any atom is -0.368 e. The van der Waals surface area contributed by atoms with Crippen molar-refractivity contribution < 1.29 is 28.8 Å². The Morgan fingerprint density at radius 3 is 1.38 bits per heavy atom. The van der Waals surface area contributed by atoms with E-state index in [4.69, 9.17) is 18.0 Å². The summed E-state index contributed by atoms with van der Waals surface area (Å²) in [7, 11) is 0. The van der Waals surface area contributed by atoms with E-state index in [0.29, 0.717) is 76.2 Å². The second-order valence-electron chi connectivity index (χ2n) is 10.0. The molecule has 0 radical (unpaired) electrons. The van der Waals surface area contributed by atoms with Crippen molar-refractivity contribution >= 4 is 52.8 Å². The number of hydrogen-bond donors (Lipinski definition) is 8. The zero-order chi connectivity index (χ0) is 31.9. The SMILES string of the molecule is CCNC(=S)NCCCC[C@H](NC(=O)[C@H](CCCCNC(C)=O)NC(C)=O)C(=O)N[C@@H](CCCCNC(C)=O)C(N)=O. The lowest BCUT2D eigenvalue weighted by Crippen LogP contribution is -2.56. The van der Waals surface area contributed by atoms with Gasteiger partial charge in [-0.25, -0.2) is 0 Å². The smallest absolute Gasteiger partial charge is 0.243 e. The van der Waals surface area contributed by atoms with E-state index < -0.39 is 41.8 Å². The Kier molecular flexibility index (Phi) is 21.2. The molecule has 0 aromatic heterocycles. The van der Waals surface area contributed by atoms with Gasteiger partial charge >= 0.3 is 0 Å². The van der Waals surface area contributed by atoms with Gasteiger partial charge in [-0.15, -0.1) is 0 Å². The van der Waals surface area contributed by atoms with Gasteiger partial charge in [0, 0.05) is 47.0 Å². The predicted molar refractivity (Wildman–Crippen MR) is 164 cm³/mol. The lowest BCUT2D eigenvalue weighted by molar-refractivity contribution is -0.133. The molecule has 0 saturated heterocycles. The molecule has 0 spiro atoms. The summed E-state index contributed by atoms with van der Waals surface area (Å²) in [6, 6.07) is -2.81. The van der Waals surface area contributed by atoms with Crippen molar-refractivity contribution in [3.63, 3.8) is 0 Å². The van der Waals surface area contributed by atoms with Crippen LogP contribution in [0.25, 0.3) is 0 Å². The zero-order valence-electron chi connectivity index (χ0n) is 25.4. The predicted octanol–water partition coefficient (Wildman–Crippen LogP) is -0.787. The molecular weight excluding hydrogens is 564 g/mol. The highest BCUT2D eigenvalue weighted by Crippen LogP contribution is 2.08. The van der Waals surface area contributed by atoms with E-state index in [2.05, 4.69) is 37.2 Å². The second kappa shape index (κ2) is 23.1. The Bertz CT molecular complexity index is 904. The molecule has 0 aliphatic carbocycles. The number of carbonyl (C=O) groups is 6. The molecule has 14 nitrogen and oxygen atoms in total. The van der Waals surface area contributed by atoms with Crippen molar-refractivity contribution in [2.24, 2.45) is 5.73 Å². The van der Waals surface area contributed by atoms with Gasteiger partial charge in [-0.05, 0) is 76.9 Å². The molecule has 0 saturated carbocycles. The number of thiocarbonyl (C=S) groups is 1. The fourth-order valence-electron chi connectivity index (χ4n) is 3.99. The molecule has 6 amide bonds. The monoisotopic (exact) mass is 614 g/mol. The van der Waals surface area contributed by atoms with Crippen LogP contribution >= 0.6 is 12.2 Å². The number of hydrogen-bond acceptors (Lipinski definition) is 7. The first-order valence-electron chi connectivity index (χ1n) is 14.5. The Morgan fingerprint density at radius 2 is 0.976 bits per heavy atom. The van der Waals surface area contributed by atoms with Crippen LogP contribution in [0.5, 0.6) is 0 Å². The zero-order valence-corrected chi connectivity index (χ0v) is 26.2. The number of amides is 6. The number of primary amides is 1. The summed E-state index contributed by atoms with van der Waals surface area (Å²) in [4.78, 5) is 72.4. The number of unbranched alkanes of at least 4 members (excludes halogenated alkanes) is 3. The summed E-state index contributed by atoms with van der Waals surface area (Å²) in [6.07, 6.45) is 4.36. The topological polar surface area (TPSA) is 213 Å². The molecule has 0 unspecified atom stereocenters. The van der Waals surface area contributed by atoms with Crippen molar-refractivity contribution in [1.82, 2.24) is 37.2 Å². The molecule has 9 N–H and O–H groups in total. The molecule has 15 heteroatoms. The van der Waals surface area contributed by atoms with Gasteiger partial charge in [-0.3, -0.25) is 28.8 Å². The van der Waals surface area contributed by atoms with E-state index in [0.717, 1.165) is 0 Å². The standard InChI is InChI=1S/C27H50N8O6S/c1-5-29-27(42)32-17-11-8-14-23(26(41)34-21(24(28)39)12-6-9-15-30-18(2)36)35-25(40)22(33-20(4)38)13-7-10-16-31-19(3)37/h21-23H,5-17H2,1-4H3,(H2,28,39)(H,30,36)(H,31,37)(H,33,38)(H,34,41)(H,35,40)(H2,29,32,42)/t21-,22-,23-/m0/s1. The summed E-state index contributed by atoms with van der Waals surface area (Å²) < 4.78 is 0. The fraction of sp³-hybridized carbons (Fsp3) is 0.741. The van der Waals surface area contributed by atoms with Crippen molar-refractivity contribution in [2.75, 3.05) is 26.2 Å². The van der Waals surface area contributed by atoms with Crippen LogP contribution in [0.4, 0.5) is 0 Å². The highest BCUT2D eigenvalue weighted by atomic mass is 32.1. The lowest BCUT2D eigenvalue weighted by atomic mass is 10.0. The molecule has 0 bridgehead atoms. The third-order valence-electron chi connectivity index (χ3n) is 6.12. The minimum atomic E-state index is -0.977. The summed E-state index contributed by atoms with van der Waals surface area (Å²) in [5, 5.41) is 20.0. The Labute approximate surface area is 254 Å². The average molecular weight is 615 g/mol. The van der Waals surface area contributed by atoms with Crippen molar-refractivity contribution in [3.8, 4) is 0 Å². The molecular formula is C27H50N8O6S. The highest BCUT2D eigenvalue weighted by Gasteiger charge is 2.28. The van der Waals surface area contributed by atoms with Gasteiger partial charge < -0.3 is 43.0 Å². The maximum Gasteiger partial charge on any atom is 0.243 e. The Balaban J connectivity index is 5.36. The van der Waals surface area contributed by atoms with Crippen LogP contribution in [0.2, 0.25) is 0 Å². The fourth-order valence-corrected chi connectivity index (χ4v) is 4.23. The van der Waals surface area contributed by atoms with Crippen molar-refractivity contribution in [1.29, 1.82) is 0 Å². The van der Waals surface area contributed by atoms with Gasteiger partial charge in [-0.1, -0.05) is 0 Å². The van der Waals surface area contributed by atoms with Gasteiger partial charge in [0.2, 0.25) is 35.4 Å². The molecule has 3 atom stereocenters. The highest BCUT2D eigenvalue weighted by molar-refractivity contribution is 7.80. The molecule has 0 aliphatic heterocycles. The first kappa shape index (κ1) is 38.5. The summed E-state index contributed by atoms with van der Waals surface area (Å²) >= 11 is 5.15. The largest absolute Gasteiger partial charge is 0.368 e. The van der Waals surface area contributed by atoms with E-state index in [1.54, 1.807) is 0 Å². The van der Waals surface area contributed by atoms with Gasteiger partial charge in [0.15, 0.2) is 5.11 Å². The van der Waals surface area contributed by atoms with Crippen LogP contribution in [0.15, 0.2) is 0 Å². The minimum absolute atomic E-state index is 0.152. The number of nitrogens with two attached hydrogens (primary N) is 1. The molecule has 0 aromatic rings. The maximum absolute atomic E-state index is 13.3. The van der Waals surface area contributed by atoms with E-state index in [1.807, 2.05) is 6.92 Å².